The largest absolute Gasteiger partial charge is 0.266 e. The summed E-state index contributed by atoms with van der Waals surface area (Å²) in [5.74, 6) is 0. The molecule has 0 aliphatic carbocycles. The standard InChI is InChI=1S/C11H13ClN4/c1-3-4-8-10(13-7-14-11(8)12)9-5-6-15-16(9)2/h5-7H,3-4H2,1-2H3. The molecule has 0 N–H and O–H groups in total. The first kappa shape index (κ1) is 11.1. The molecule has 0 saturated heterocycles. The van der Waals surface area contributed by atoms with Crippen LogP contribution in [-0.2, 0) is 13.5 Å². The highest BCUT2D eigenvalue weighted by Crippen LogP contribution is 2.25. The summed E-state index contributed by atoms with van der Waals surface area (Å²) in [5.41, 5.74) is 2.84. The highest BCUT2D eigenvalue weighted by atomic mass is 35.5. The van der Waals surface area contributed by atoms with Gasteiger partial charge in [0, 0.05) is 18.8 Å². The summed E-state index contributed by atoms with van der Waals surface area (Å²) in [7, 11) is 1.89. The van der Waals surface area contributed by atoms with Gasteiger partial charge < -0.3 is 0 Å². The number of aromatic nitrogens is 4. The fourth-order valence-electron chi connectivity index (χ4n) is 1.69. The van der Waals surface area contributed by atoms with Crippen LogP contribution in [0.1, 0.15) is 18.9 Å². The maximum atomic E-state index is 6.10. The summed E-state index contributed by atoms with van der Waals surface area (Å²) in [6, 6.07) is 1.93. The number of halogens is 1. The van der Waals surface area contributed by atoms with Crippen molar-refractivity contribution in [3.63, 3.8) is 0 Å². The maximum Gasteiger partial charge on any atom is 0.136 e. The summed E-state index contributed by atoms with van der Waals surface area (Å²) in [5, 5.41) is 4.67. The van der Waals surface area contributed by atoms with Crippen molar-refractivity contribution in [3.8, 4) is 11.4 Å². The fraction of sp³-hybridized carbons (Fsp3) is 0.364. The molecule has 2 aromatic heterocycles. The molecule has 2 rings (SSSR count). The van der Waals surface area contributed by atoms with E-state index in [1.54, 1.807) is 10.9 Å². The Kier molecular flexibility index (Phi) is 3.19. The van der Waals surface area contributed by atoms with Gasteiger partial charge in [0.1, 0.15) is 11.5 Å². The van der Waals surface area contributed by atoms with Gasteiger partial charge in [0.15, 0.2) is 0 Å². The average Bonchev–Trinajstić information content (AvgIpc) is 2.68. The lowest BCUT2D eigenvalue weighted by atomic mass is 10.1. The van der Waals surface area contributed by atoms with Crippen LogP contribution in [0.4, 0.5) is 0 Å². The van der Waals surface area contributed by atoms with Gasteiger partial charge in [-0.1, -0.05) is 24.9 Å². The molecule has 16 heavy (non-hydrogen) atoms. The first-order valence-electron chi connectivity index (χ1n) is 5.21. The third-order valence-electron chi connectivity index (χ3n) is 2.46. The SMILES string of the molecule is CCCc1c(Cl)ncnc1-c1ccnn1C. The molecule has 4 nitrogen and oxygen atoms in total. The maximum absolute atomic E-state index is 6.10. The molecule has 0 fully saturated rings. The second-order valence-corrected chi connectivity index (χ2v) is 3.94. The second kappa shape index (κ2) is 4.61. The topological polar surface area (TPSA) is 43.6 Å². The molecule has 0 radical (unpaired) electrons. The molecule has 0 amide bonds. The van der Waals surface area contributed by atoms with E-state index in [2.05, 4.69) is 22.0 Å². The molecule has 0 spiro atoms. The molecule has 0 aliphatic heterocycles. The van der Waals surface area contributed by atoms with Crippen LogP contribution in [0.25, 0.3) is 11.4 Å². The highest BCUT2D eigenvalue weighted by Gasteiger charge is 2.13. The Bertz CT molecular complexity index is 492. The van der Waals surface area contributed by atoms with Gasteiger partial charge in [-0.15, -0.1) is 0 Å². The molecule has 2 aromatic rings. The monoisotopic (exact) mass is 236 g/mol. The molecular weight excluding hydrogens is 224 g/mol. The lowest BCUT2D eigenvalue weighted by Crippen LogP contribution is -2.01. The third-order valence-corrected chi connectivity index (χ3v) is 2.78. The van der Waals surface area contributed by atoms with E-state index in [4.69, 9.17) is 11.6 Å². The number of hydrogen-bond donors (Lipinski definition) is 0. The molecular formula is C11H13ClN4. The number of aryl methyl sites for hydroxylation is 1. The minimum atomic E-state index is 0.535. The molecule has 0 unspecified atom stereocenters. The fourth-order valence-corrected chi connectivity index (χ4v) is 1.92. The van der Waals surface area contributed by atoms with Crippen LogP contribution in [-0.4, -0.2) is 19.7 Å². The zero-order chi connectivity index (χ0) is 11.5. The van der Waals surface area contributed by atoms with Crippen molar-refractivity contribution in [2.75, 3.05) is 0 Å². The zero-order valence-corrected chi connectivity index (χ0v) is 10.1. The van der Waals surface area contributed by atoms with Gasteiger partial charge in [0.25, 0.3) is 0 Å². The van der Waals surface area contributed by atoms with E-state index in [-0.39, 0.29) is 0 Å². The van der Waals surface area contributed by atoms with Crippen molar-refractivity contribution in [1.82, 2.24) is 19.7 Å². The smallest absolute Gasteiger partial charge is 0.136 e. The Morgan fingerprint density at radius 2 is 2.19 bits per heavy atom. The van der Waals surface area contributed by atoms with Gasteiger partial charge in [-0.25, -0.2) is 9.97 Å². The summed E-state index contributed by atoms with van der Waals surface area (Å²) in [6.45, 7) is 2.11. The van der Waals surface area contributed by atoms with Crippen LogP contribution in [0.5, 0.6) is 0 Å². The molecule has 0 aromatic carbocycles. The Morgan fingerprint density at radius 3 is 2.81 bits per heavy atom. The zero-order valence-electron chi connectivity index (χ0n) is 9.31. The Balaban J connectivity index is 2.56. The molecule has 2 heterocycles. The summed E-state index contributed by atoms with van der Waals surface area (Å²) in [4.78, 5) is 8.33. The first-order valence-corrected chi connectivity index (χ1v) is 5.59. The normalized spacial score (nSPS) is 10.7. The van der Waals surface area contributed by atoms with Crippen molar-refractivity contribution >= 4 is 11.6 Å². The molecule has 0 atom stereocenters. The molecule has 0 aliphatic rings. The first-order chi connectivity index (χ1) is 7.74. The van der Waals surface area contributed by atoms with Gasteiger partial charge in [0.05, 0.1) is 11.4 Å². The Labute approximate surface area is 99.3 Å². The van der Waals surface area contributed by atoms with E-state index in [9.17, 15) is 0 Å². The number of hydrogen-bond acceptors (Lipinski definition) is 3. The minimum Gasteiger partial charge on any atom is -0.266 e. The lowest BCUT2D eigenvalue weighted by Gasteiger charge is -2.08. The van der Waals surface area contributed by atoms with E-state index in [0.717, 1.165) is 29.8 Å². The van der Waals surface area contributed by atoms with Crippen molar-refractivity contribution in [3.05, 3.63) is 29.3 Å². The lowest BCUT2D eigenvalue weighted by molar-refractivity contribution is 0.769. The minimum absolute atomic E-state index is 0.535. The van der Waals surface area contributed by atoms with Gasteiger partial charge in [-0.05, 0) is 12.5 Å². The van der Waals surface area contributed by atoms with Crippen molar-refractivity contribution in [1.29, 1.82) is 0 Å². The van der Waals surface area contributed by atoms with E-state index >= 15 is 0 Å². The number of rotatable bonds is 3. The third kappa shape index (κ3) is 1.93. The van der Waals surface area contributed by atoms with E-state index in [0.29, 0.717) is 5.15 Å². The molecule has 5 heteroatoms. The Hall–Kier alpha value is -1.42. The van der Waals surface area contributed by atoms with Crippen molar-refractivity contribution in [2.24, 2.45) is 7.05 Å². The van der Waals surface area contributed by atoms with Crippen LogP contribution in [0.15, 0.2) is 18.6 Å². The average molecular weight is 237 g/mol. The van der Waals surface area contributed by atoms with Gasteiger partial charge in [-0.3, -0.25) is 4.68 Å². The van der Waals surface area contributed by atoms with Crippen LogP contribution >= 0.6 is 11.6 Å². The molecule has 0 bridgehead atoms. The highest BCUT2D eigenvalue weighted by molar-refractivity contribution is 6.30. The van der Waals surface area contributed by atoms with Gasteiger partial charge >= 0.3 is 0 Å². The summed E-state index contributed by atoms with van der Waals surface area (Å²) >= 11 is 6.10. The van der Waals surface area contributed by atoms with Gasteiger partial charge in [-0.2, -0.15) is 5.10 Å². The quantitative estimate of drug-likeness (QED) is 0.769. The molecule has 84 valence electrons. The van der Waals surface area contributed by atoms with E-state index in [1.807, 2.05) is 13.1 Å². The predicted molar refractivity (Wildman–Crippen MR) is 63.2 cm³/mol. The van der Waals surface area contributed by atoms with Gasteiger partial charge in [0.2, 0.25) is 0 Å². The molecule has 0 saturated carbocycles. The van der Waals surface area contributed by atoms with Crippen LogP contribution in [0, 0.1) is 0 Å². The van der Waals surface area contributed by atoms with Crippen LogP contribution < -0.4 is 0 Å². The number of nitrogens with zero attached hydrogens (tertiary/aromatic N) is 4. The second-order valence-electron chi connectivity index (χ2n) is 3.58. The van der Waals surface area contributed by atoms with E-state index < -0.39 is 0 Å². The van der Waals surface area contributed by atoms with E-state index in [1.165, 1.54) is 6.33 Å². The summed E-state index contributed by atoms with van der Waals surface area (Å²) < 4.78 is 1.79. The van der Waals surface area contributed by atoms with Crippen LogP contribution in [0.2, 0.25) is 5.15 Å². The predicted octanol–water partition coefficient (Wildman–Crippen LogP) is 2.48. The van der Waals surface area contributed by atoms with Crippen molar-refractivity contribution < 1.29 is 0 Å². The Morgan fingerprint density at radius 1 is 1.38 bits per heavy atom. The van der Waals surface area contributed by atoms with Crippen molar-refractivity contribution in [2.45, 2.75) is 19.8 Å². The summed E-state index contributed by atoms with van der Waals surface area (Å²) in [6.07, 6.45) is 5.13. The van der Waals surface area contributed by atoms with Crippen LogP contribution in [0.3, 0.4) is 0 Å².